The summed E-state index contributed by atoms with van der Waals surface area (Å²) in [7, 11) is 1.62. The molecule has 0 aliphatic carbocycles. The van der Waals surface area contributed by atoms with Crippen LogP contribution in [0.4, 0.5) is 0 Å². The second-order valence-electron chi connectivity index (χ2n) is 2.77. The van der Waals surface area contributed by atoms with Gasteiger partial charge in [-0.1, -0.05) is 12.1 Å². The molecule has 0 aliphatic rings. The highest BCUT2D eigenvalue weighted by Gasteiger charge is 2.05. The molecule has 0 amide bonds. The number of aliphatic hydroxyl groups excluding tert-OH is 1. The summed E-state index contributed by atoms with van der Waals surface area (Å²) in [6.45, 7) is 0. The smallest absolute Gasteiger partial charge is 0.118 e. The van der Waals surface area contributed by atoms with Crippen LogP contribution in [-0.2, 0) is 0 Å². The number of ether oxygens (including phenoxy) is 1. The van der Waals surface area contributed by atoms with Crippen LogP contribution in [0.25, 0.3) is 0 Å². The fraction of sp³-hybridized carbons (Fsp3) is 0.400. The van der Waals surface area contributed by atoms with Gasteiger partial charge in [-0.15, -0.1) is 11.6 Å². The van der Waals surface area contributed by atoms with Crippen molar-refractivity contribution >= 4 is 11.6 Å². The molecule has 1 aromatic rings. The summed E-state index contributed by atoms with van der Waals surface area (Å²) >= 11 is 5.52. The van der Waals surface area contributed by atoms with Gasteiger partial charge in [0.15, 0.2) is 0 Å². The Labute approximate surface area is 83.1 Å². The van der Waals surface area contributed by atoms with Crippen molar-refractivity contribution in [1.82, 2.24) is 0 Å². The van der Waals surface area contributed by atoms with E-state index in [9.17, 15) is 5.11 Å². The van der Waals surface area contributed by atoms with Gasteiger partial charge in [0.1, 0.15) is 5.75 Å². The van der Waals surface area contributed by atoms with Crippen molar-refractivity contribution in [3.8, 4) is 5.75 Å². The van der Waals surface area contributed by atoms with Crippen LogP contribution in [-0.4, -0.2) is 18.1 Å². The number of benzene rings is 1. The van der Waals surface area contributed by atoms with Crippen LogP contribution < -0.4 is 4.74 Å². The van der Waals surface area contributed by atoms with Crippen LogP contribution in [0.3, 0.4) is 0 Å². The molecule has 0 bridgehead atoms. The van der Waals surface area contributed by atoms with Gasteiger partial charge in [-0.25, -0.2) is 0 Å². The molecular weight excluding hydrogens is 188 g/mol. The van der Waals surface area contributed by atoms with Crippen molar-refractivity contribution in [1.29, 1.82) is 0 Å². The Balaban J connectivity index is 2.67. The summed E-state index contributed by atoms with van der Waals surface area (Å²) in [6.07, 6.45) is 0.108. The standard InChI is InChI=1S/C10H13ClO2/c1-13-9-4-2-8(3-5-9)10(12)6-7-11/h2-5,10,12H,6-7H2,1H3/t10-/m0/s1. The zero-order valence-electron chi connectivity index (χ0n) is 7.53. The van der Waals surface area contributed by atoms with Crippen molar-refractivity contribution in [2.75, 3.05) is 13.0 Å². The molecule has 1 aromatic carbocycles. The number of halogens is 1. The van der Waals surface area contributed by atoms with E-state index in [-0.39, 0.29) is 0 Å². The maximum Gasteiger partial charge on any atom is 0.118 e. The third kappa shape index (κ3) is 2.90. The van der Waals surface area contributed by atoms with E-state index in [0.717, 1.165) is 11.3 Å². The van der Waals surface area contributed by atoms with E-state index in [4.69, 9.17) is 16.3 Å². The van der Waals surface area contributed by atoms with Crippen LogP contribution >= 0.6 is 11.6 Å². The second-order valence-corrected chi connectivity index (χ2v) is 3.14. The van der Waals surface area contributed by atoms with Crippen molar-refractivity contribution in [3.05, 3.63) is 29.8 Å². The predicted octanol–water partition coefficient (Wildman–Crippen LogP) is 2.36. The van der Waals surface area contributed by atoms with E-state index in [1.165, 1.54) is 0 Å². The van der Waals surface area contributed by atoms with Gasteiger partial charge in [-0.05, 0) is 24.1 Å². The molecular formula is C10H13ClO2. The number of hydrogen-bond donors (Lipinski definition) is 1. The molecule has 0 unspecified atom stereocenters. The third-order valence-corrected chi connectivity index (χ3v) is 2.10. The number of hydrogen-bond acceptors (Lipinski definition) is 2. The lowest BCUT2D eigenvalue weighted by Crippen LogP contribution is -1.97. The molecule has 0 fully saturated rings. The molecule has 0 aliphatic heterocycles. The van der Waals surface area contributed by atoms with E-state index in [2.05, 4.69) is 0 Å². The lowest BCUT2D eigenvalue weighted by Gasteiger charge is -2.09. The predicted molar refractivity (Wildman–Crippen MR) is 53.3 cm³/mol. The fourth-order valence-electron chi connectivity index (χ4n) is 1.10. The maximum absolute atomic E-state index is 9.56. The molecule has 0 spiro atoms. The monoisotopic (exact) mass is 200 g/mol. The van der Waals surface area contributed by atoms with Gasteiger partial charge < -0.3 is 9.84 Å². The lowest BCUT2D eigenvalue weighted by molar-refractivity contribution is 0.174. The summed E-state index contributed by atoms with van der Waals surface area (Å²) in [5, 5.41) is 9.56. The molecule has 0 radical (unpaired) electrons. The molecule has 72 valence electrons. The molecule has 0 saturated heterocycles. The van der Waals surface area contributed by atoms with Crippen molar-refractivity contribution in [3.63, 3.8) is 0 Å². The van der Waals surface area contributed by atoms with Gasteiger partial charge in [-0.2, -0.15) is 0 Å². The third-order valence-electron chi connectivity index (χ3n) is 1.88. The Hall–Kier alpha value is -0.730. The van der Waals surface area contributed by atoms with Gasteiger partial charge in [0.05, 0.1) is 13.2 Å². The Bertz CT molecular complexity index is 246. The van der Waals surface area contributed by atoms with Crippen LogP contribution in [0, 0.1) is 0 Å². The van der Waals surface area contributed by atoms with E-state index < -0.39 is 6.10 Å². The van der Waals surface area contributed by atoms with Crippen LogP contribution in [0.5, 0.6) is 5.75 Å². The van der Waals surface area contributed by atoms with Gasteiger partial charge in [0.2, 0.25) is 0 Å². The van der Waals surface area contributed by atoms with Gasteiger partial charge in [0.25, 0.3) is 0 Å². The summed E-state index contributed by atoms with van der Waals surface area (Å²) in [5.41, 5.74) is 0.876. The quantitative estimate of drug-likeness (QED) is 0.757. The summed E-state index contributed by atoms with van der Waals surface area (Å²) < 4.78 is 5.00. The molecule has 2 nitrogen and oxygen atoms in total. The van der Waals surface area contributed by atoms with Gasteiger partial charge >= 0.3 is 0 Å². The van der Waals surface area contributed by atoms with Crippen LogP contribution in [0.1, 0.15) is 18.1 Å². The first-order valence-corrected chi connectivity index (χ1v) is 4.69. The van der Waals surface area contributed by atoms with E-state index in [1.54, 1.807) is 7.11 Å². The Morgan fingerprint density at radius 3 is 2.46 bits per heavy atom. The van der Waals surface area contributed by atoms with E-state index >= 15 is 0 Å². The Kier molecular flexibility index (Phi) is 4.06. The SMILES string of the molecule is COc1ccc([C@@H](O)CCCl)cc1. The van der Waals surface area contributed by atoms with E-state index in [1.807, 2.05) is 24.3 Å². The average Bonchev–Trinajstić information content (AvgIpc) is 2.18. The maximum atomic E-state index is 9.56. The Morgan fingerprint density at radius 1 is 1.38 bits per heavy atom. The first-order chi connectivity index (χ1) is 6.27. The van der Waals surface area contributed by atoms with Crippen molar-refractivity contribution in [2.24, 2.45) is 0 Å². The molecule has 1 rings (SSSR count). The first kappa shape index (κ1) is 10.4. The fourth-order valence-corrected chi connectivity index (χ4v) is 1.30. The topological polar surface area (TPSA) is 29.5 Å². The highest BCUT2D eigenvalue weighted by Crippen LogP contribution is 2.19. The number of rotatable bonds is 4. The van der Waals surface area contributed by atoms with E-state index in [0.29, 0.717) is 12.3 Å². The minimum atomic E-state index is -0.469. The molecule has 0 heterocycles. The van der Waals surface area contributed by atoms with Crippen LogP contribution in [0.15, 0.2) is 24.3 Å². The minimum Gasteiger partial charge on any atom is -0.497 e. The number of methoxy groups -OCH3 is 1. The molecule has 3 heteroatoms. The molecule has 0 saturated carbocycles. The molecule has 13 heavy (non-hydrogen) atoms. The molecule has 1 N–H and O–H groups in total. The summed E-state index contributed by atoms with van der Waals surface area (Å²) in [5.74, 6) is 1.26. The summed E-state index contributed by atoms with van der Waals surface area (Å²) in [4.78, 5) is 0. The number of aliphatic hydroxyl groups is 1. The molecule has 1 atom stereocenters. The zero-order chi connectivity index (χ0) is 9.68. The van der Waals surface area contributed by atoms with Gasteiger partial charge in [-0.3, -0.25) is 0 Å². The average molecular weight is 201 g/mol. The van der Waals surface area contributed by atoms with Crippen molar-refractivity contribution in [2.45, 2.75) is 12.5 Å². The number of alkyl halides is 1. The molecule has 0 aromatic heterocycles. The highest BCUT2D eigenvalue weighted by molar-refractivity contribution is 6.17. The highest BCUT2D eigenvalue weighted by atomic mass is 35.5. The first-order valence-electron chi connectivity index (χ1n) is 4.16. The largest absolute Gasteiger partial charge is 0.497 e. The summed E-state index contributed by atoms with van der Waals surface area (Å²) in [6, 6.07) is 7.34. The normalized spacial score (nSPS) is 12.5. The lowest BCUT2D eigenvalue weighted by atomic mass is 10.1. The minimum absolute atomic E-state index is 0.465. The Morgan fingerprint density at radius 2 is 2.00 bits per heavy atom. The zero-order valence-corrected chi connectivity index (χ0v) is 8.29. The van der Waals surface area contributed by atoms with Crippen molar-refractivity contribution < 1.29 is 9.84 Å². The van der Waals surface area contributed by atoms with Crippen LogP contribution in [0.2, 0.25) is 0 Å². The second kappa shape index (κ2) is 5.10. The van der Waals surface area contributed by atoms with Gasteiger partial charge in [0, 0.05) is 5.88 Å².